The van der Waals surface area contributed by atoms with E-state index < -0.39 is 0 Å². The first-order valence-corrected chi connectivity index (χ1v) is 7.78. The molecule has 4 rings (SSSR count). The Morgan fingerprint density at radius 3 is 3.05 bits per heavy atom. The maximum absolute atomic E-state index is 12.3. The highest BCUT2D eigenvalue weighted by Gasteiger charge is 2.45. The van der Waals surface area contributed by atoms with Gasteiger partial charge in [-0.2, -0.15) is 5.10 Å². The molecule has 1 N–H and O–H groups in total. The number of benzene rings is 1. The Labute approximate surface area is 129 Å². The summed E-state index contributed by atoms with van der Waals surface area (Å²) in [6.45, 7) is 1.51. The minimum absolute atomic E-state index is 0.0327. The van der Waals surface area contributed by atoms with E-state index in [2.05, 4.69) is 22.5 Å². The molecule has 1 amide bonds. The van der Waals surface area contributed by atoms with E-state index in [1.54, 1.807) is 10.9 Å². The summed E-state index contributed by atoms with van der Waals surface area (Å²) >= 11 is 0. The van der Waals surface area contributed by atoms with Crippen LogP contribution >= 0.6 is 0 Å². The first-order chi connectivity index (χ1) is 10.8. The van der Waals surface area contributed by atoms with Crippen LogP contribution in [0.2, 0.25) is 0 Å². The van der Waals surface area contributed by atoms with Gasteiger partial charge in [0.2, 0.25) is 0 Å². The topological polar surface area (TPSA) is 56.1 Å². The van der Waals surface area contributed by atoms with Gasteiger partial charge in [-0.05, 0) is 18.4 Å². The van der Waals surface area contributed by atoms with Crippen molar-refractivity contribution in [3.63, 3.8) is 0 Å². The van der Waals surface area contributed by atoms with Crippen molar-refractivity contribution in [2.24, 2.45) is 5.92 Å². The fourth-order valence-electron chi connectivity index (χ4n) is 3.35. The van der Waals surface area contributed by atoms with Gasteiger partial charge in [-0.25, -0.2) is 0 Å². The Morgan fingerprint density at radius 1 is 1.36 bits per heavy atom. The summed E-state index contributed by atoms with van der Waals surface area (Å²) in [5.41, 5.74) is 1.79. The zero-order chi connectivity index (χ0) is 14.9. The number of carbonyl (C=O) groups excluding carboxylic acids is 1. The highest BCUT2D eigenvalue weighted by molar-refractivity contribution is 5.94. The molecule has 2 fully saturated rings. The molecule has 1 aliphatic carbocycles. The molecule has 0 radical (unpaired) electrons. The number of ether oxygens (including phenoxy) is 1. The number of hydrogen-bond acceptors (Lipinski definition) is 3. The molecule has 1 aromatic heterocycles. The number of nitrogens with zero attached hydrogens (tertiary/aromatic N) is 2. The van der Waals surface area contributed by atoms with Gasteiger partial charge in [-0.3, -0.25) is 9.48 Å². The molecule has 0 bridgehead atoms. The summed E-state index contributed by atoms with van der Waals surface area (Å²) in [5, 5.41) is 7.39. The molecule has 3 atom stereocenters. The summed E-state index contributed by atoms with van der Waals surface area (Å²) in [6.07, 6.45) is 5.81. The molecule has 1 aromatic carbocycles. The first kappa shape index (κ1) is 13.5. The Balaban J connectivity index is 1.37. The van der Waals surface area contributed by atoms with Gasteiger partial charge in [-0.15, -0.1) is 0 Å². The lowest BCUT2D eigenvalue weighted by Gasteiger charge is -2.39. The third-order valence-electron chi connectivity index (χ3n) is 4.66. The summed E-state index contributed by atoms with van der Waals surface area (Å²) in [4.78, 5) is 12.3. The van der Waals surface area contributed by atoms with Gasteiger partial charge < -0.3 is 10.1 Å². The summed E-state index contributed by atoms with van der Waals surface area (Å²) in [7, 11) is 0. The van der Waals surface area contributed by atoms with E-state index in [1.165, 1.54) is 5.56 Å². The highest BCUT2D eigenvalue weighted by atomic mass is 16.5. The molecule has 114 valence electrons. The Kier molecular flexibility index (Phi) is 3.42. The van der Waals surface area contributed by atoms with E-state index in [4.69, 9.17) is 4.74 Å². The zero-order valence-electron chi connectivity index (χ0n) is 12.3. The van der Waals surface area contributed by atoms with Gasteiger partial charge in [0.15, 0.2) is 0 Å². The quantitative estimate of drug-likeness (QED) is 0.937. The van der Waals surface area contributed by atoms with Crippen LogP contribution in [-0.2, 0) is 11.3 Å². The lowest BCUT2D eigenvalue weighted by molar-refractivity contribution is 0.00810. The van der Waals surface area contributed by atoms with E-state index in [0.29, 0.717) is 24.1 Å². The molecule has 1 saturated heterocycles. The third-order valence-corrected chi connectivity index (χ3v) is 4.66. The number of hydrogen-bond donors (Lipinski definition) is 1. The van der Waals surface area contributed by atoms with Gasteiger partial charge in [-0.1, -0.05) is 30.3 Å². The van der Waals surface area contributed by atoms with Gasteiger partial charge in [0.25, 0.3) is 5.91 Å². The molecule has 2 heterocycles. The number of aromatic nitrogens is 2. The molecule has 1 aliphatic heterocycles. The largest absolute Gasteiger partial charge is 0.378 e. The normalized spacial score (nSPS) is 26.3. The second-order valence-corrected chi connectivity index (χ2v) is 6.09. The lowest BCUT2D eigenvalue weighted by Crippen LogP contribution is -2.53. The standard InChI is InChI=1S/C17H19N3O2/c21-17(19-15-8-16-14(15)6-7-22-16)13-9-18-20(11-13)10-12-4-2-1-3-5-12/h1-5,9,11,14-16H,6-8,10H2,(H,19,21)/t14-,15-,16+/m1/s1. The SMILES string of the molecule is O=C(N[C@@H]1C[C@@H]2OCC[C@@H]21)c1cnn(Cc2ccccc2)c1. The second-order valence-electron chi connectivity index (χ2n) is 6.09. The van der Waals surface area contributed by atoms with Crippen LogP contribution in [0.15, 0.2) is 42.7 Å². The van der Waals surface area contributed by atoms with Gasteiger partial charge in [0, 0.05) is 24.8 Å². The lowest BCUT2D eigenvalue weighted by atomic mass is 9.76. The van der Waals surface area contributed by atoms with Crippen LogP contribution in [0, 0.1) is 5.92 Å². The molecule has 0 unspecified atom stereocenters. The number of carbonyl (C=O) groups is 1. The predicted molar refractivity (Wildman–Crippen MR) is 81.5 cm³/mol. The Morgan fingerprint density at radius 2 is 2.23 bits per heavy atom. The van der Waals surface area contributed by atoms with Gasteiger partial charge in [0.1, 0.15) is 0 Å². The molecule has 2 aliphatic rings. The molecular formula is C17H19N3O2. The van der Waals surface area contributed by atoms with E-state index in [0.717, 1.165) is 19.4 Å². The predicted octanol–water partition coefficient (Wildman–Crippen LogP) is 1.84. The summed E-state index contributed by atoms with van der Waals surface area (Å²) in [5.74, 6) is 0.470. The average Bonchev–Trinajstić information content (AvgIpc) is 3.12. The maximum Gasteiger partial charge on any atom is 0.254 e. The number of rotatable bonds is 4. The fraction of sp³-hybridized carbons (Fsp3) is 0.412. The smallest absolute Gasteiger partial charge is 0.254 e. The second kappa shape index (κ2) is 5.57. The molecule has 2 aromatic rings. The Hall–Kier alpha value is -2.14. The van der Waals surface area contributed by atoms with Gasteiger partial charge in [0.05, 0.1) is 24.4 Å². The molecule has 5 heteroatoms. The molecule has 1 saturated carbocycles. The van der Waals surface area contributed by atoms with Crippen molar-refractivity contribution in [1.82, 2.24) is 15.1 Å². The van der Waals surface area contributed by atoms with Crippen LogP contribution < -0.4 is 5.32 Å². The van der Waals surface area contributed by atoms with E-state index in [1.807, 2.05) is 24.4 Å². The number of amides is 1. The monoisotopic (exact) mass is 297 g/mol. The van der Waals surface area contributed by atoms with Gasteiger partial charge >= 0.3 is 0 Å². The van der Waals surface area contributed by atoms with Crippen molar-refractivity contribution in [2.45, 2.75) is 31.5 Å². The maximum atomic E-state index is 12.3. The minimum Gasteiger partial charge on any atom is -0.378 e. The van der Waals surface area contributed by atoms with E-state index >= 15 is 0 Å². The first-order valence-electron chi connectivity index (χ1n) is 7.78. The molecule has 5 nitrogen and oxygen atoms in total. The highest BCUT2D eigenvalue weighted by Crippen LogP contribution is 2.38. The average molecular weight is 297 g/mol. The van der Waals surface area contributed by atoms with Crippen molar-refractivity contribution in [3.05, 3.63) is 53.9 Å². The van der Waals surface area contributed by atoms with Crippen molar-refractivity contribution in [2.75, 3.05) is 6.61 Å². The van der Waals surface area contributed by atoms with Crippen molar-refractivity contribution >= 4 is 5.91 Å². The summed E-state index contributed by atoms with van der Waals surface area (Å²) < 4.78 is 7.37. The summed E-state index contributed by atoms with van der Waals surface area (Å²) in [6, 6.07) is 10.4. The van der Waals surface area contributed by atoms with Crippen LogP contribution in [0.3, 0.4) is 0 Å². The molecular weight excluding hydrogens is 278 g/mol. The van der Waals surface area contributed by atoms with Crippen LogP contribution in [0.5, 0.6) is 0 Å². The fourth-order valence-corrected chi connectivity index (χ4v) is 3.35. The molecule has 22 heavy (non-hydrogen) atoms. The van der Waals surface area contributed by atoms with Crippen molar-refractivity contribution in [1.29, 1.82) is 0 Å². The van der Waals surface area contributed by atoms with E-state index in [-0.39, 0.29) is 11.9 Å². The minimum atomic E-state index is -0.0327. The van der Waals surface area contributed by atoms with Crippen molar-refractivity contribution < 1.29 is 9.53 Å². The number of nitrogens with one attached hydrogen (secondary N) is 1. The van der Waals surface area contributed by atoms with Crippen LogP contribution in [0.1, 0.15) is 28.8 Å². The third kappa shape index (κ3) is 2.52. The van der Waals surface area contributed by atoms with Crippen LogP contribution in [0.25, 0.3) is 0 Å². The van der Waals surface area contributed by atoms with E-state index in [9.17, 15) is 4.79 Å². The van der Waals surface area contributed by atoms with Crippen LogP contribution in [-0.4, -0.2) is 34.4 Å². The molecule has 0 spiro atoms. The zero-order valence-corrected chi connectivity index (χ0v) is 12.3. The van der Waals surface area contributed by atoms with Crippen LogP contribution in [0.4, 0.5) is 0 Å². The van der Waals surface area contributed by atoms with Crippen molar-refractivity contribution in [3.8, 4) is 0 Å². The Bertz CT molecular complexity index is 668. The number of fused-ring (bicyclic) bond motifs is 1.